The van der Waals surface area contributed by atoms with Gasteiger partial charge in [0, 0.05) is 36.6 Å². The maximum atomic E-state index is 12.9. The summed E-state index contributed by atoms with van der Waals surface area (Å²) in [5, 5.41) is 9.90. The van der Waals surface area contributed by atoms with Gasteiger partial charge in [0.05, 0.1) is 17.5 Å². The lowest BCUT2D eigenvalue weighted by Gasteiger charge is -2.29. The summed E-state index contributed by atoms with van der Waals surface area (Å²) in [5.74, 6) is 0.154. The summed E-state index contributed by atoms with van der Waals surface area (Å²) in [5.41, 5.74) is 7.27. The van der Waals surface area contributed by atoms with Crippen molar-refractivity contribution in [3.63, 3.8) is 0 Å². The van der Waals surface area contributed by atoms with Gasteiger partial charge in [0.1, 0.15) is 0 Å². The Bertz CT molecular complexity index is 1420. The predicted molar refractivity (Wildman–Crippen MR) is 120 cm³/mol. The highest BCUT2D eigenvalue weighted by atomic mass is 16.2. The second-order valence-corrected chi connectivity index (χ2v) is 8.07. The molecule has 1 aliphatic heterocycles. The number of hydrogen-bond donors (Lipinski definition) is 2. The average Bonchev–Trinajstić information content (AvgIpc) is 3.46. The molecule has 6 heteroatoms. The molecule has 0 fully saturated rings. The van der Waals surface area contributed by atoms with Gasteiger partial charge in [-0.05, 0) is 40.6 Å². The summed E-state index contributed by atoms with van der Waals surface area (Å²) in [6.07, 6.45) is 5.05. The lowest BCUT2D eigenvalue weighted by molar-refractivity contribution is -0.131. The molecule has 2 N–H and O–H groups in total. The fourth-order valence-electron chi connectivity index (χ4n) is 4.55. The summed E-state index contributed by atoms with van der Waals surface area (Å²) in [6, 6.07) is 18.3. The van der Waals surface area contributed by atoms with Crippen molar-refractivity contribution in [2.75, 3.05) is 6.54 Å². The van der Waals surface area contributed by atoms with Gasteiger partial charge in [-0.25, -0.2) is 4.98 Å². The second-order valence-electron chi connectivity index (χ2n) is 8.07. The van der Waals surface area contributed by atoms with E-state index in [2.05, 4.69) is 44.4 Å². The van der Waals surface area contributed by atoms with Crippen LogP contribution in [0.15, 0.2) is 67.0 Å². The van der Waals surface area contributed by atoms with Gasteiger partial charge < -0.3 is 9.88 Å². The molecular weight excluding hydrogens is 386 g/mol. The molecule has 0 radical (unpaired) electrons. The molecule has 0 aliphatic carbocycles. The Morgan fingerprint density at radius 2 is 2.00 bits per heavy atom. The Balaban J connectivity index is 1.34. The fourth-order valence-corrected chi connectivity index (χ4v) is 4.55. The van der Waals surface area contributed by atoms with Crippen molar-refractivity contribution in [2.24, 2.45) is 0 Å². The number of carbonyl (C=O) groups is 1. The normalized spacial score (nSPS) is 13.6. The first kappa shape index (κ1) is 17.9. The van der Waals surface area contributed by atoms with Crippen LogP contribution in [0.4, 0.5) is 0 Å². The first-order valence-electron chi connectivity index (χ1n) is 10.5. The van der Waals surface area contributed by atoms with Crippen LogP contribution in [0.5, 0.6) is 0 Å². The molecule has 0 saturated carbocycles. The van der Waals surface area contributed by atoms with Gasteiger partial charge in [-0.15, -0.1) is 0 Å². The third-order valence-corrected chi connectivity index (χ3v) is 6.17. The summed E-state index contributed by atoms with van der Waals surface area (Å²) in [7, 11) is 0. The molecule has 6 rings (SSSR count). The van der Waals surface area contributed by atoms with Crippen molar-refractivity contribution < 1.29 is 4.79 Å². The van der Waals surface area contributed by atoms with Crippen LogP contribution in [0.2, 0.25) is 0 Å². The topological polar surface area (TPSA) is 77.7 Å². The standard InChI is InChI=1S/C25H21N5O/c31-22(12-16-4-2-1-3-5-16)30-11-9-20-19(15-30)14-27-25-23(20)24(28-29-25)18-7-6-17-8-10-26-21(17)13-18/h1-8,10,13-14,26H,9,11-12,15H2,(H,27,28,29). The molecule has 0 unspecified atom stereocenters. The largest absolute Gasteiger partial charge is 0.361 e. The molecule has 1 amide bonds. The minimum atomic E-state index is 0.154. The van der Waals surface area contributed by atoms with Gasteiger partial charge in [-0.3, -0.25) is 9.89 Å². The third kappa shape index (κ3) is 3.08. The van der Waals surface area contributed by atoms with Gasteiger partial charge >= 0.3 is 0 Å². The molecule has 2 aromatic carbocycles. The van der Waals surface area contributed by atoms with Crippen LogP contribution in [0.25, 0.3) is 33.2 Å². The Morgan fingerprint density at radius 3 is 2.90 bits per heavy atom. The molecule has 152 valence electrons. The molecule has 5 aromatic rings. The number of nitrogens with one attached hydrogen (secondary N) is 2. The molecule has 3 aromatic heterocycles. The highest BCUT2D eigenvalue weighted by Gasteiger charge is 2.25. The predicted octanol–water partition coefficient (Wildman–Crippen LogP) is 4.23. The zero-order chi connectivity index (χ0) is 20.8. The van der Waals surface area contributed by atoms with E-state index in [0.29, 0.717) is 19.5 Å². The maximum absolute atomic E-state index is 12.9. The molecule has 0 atom stereocenters. The Hall–Kier alpha value is -3.93. The number of carbonyl (C=O) groups excluding carboxylic acids is 1. The molecule has 6 nitrogen and oxygen atoms in total. The van der Waals surface area contributed by atoms with E-state index in [9.17, 15) is 4.79 Å². The number of rotatable bonds is 3. The van der Waals surface area contributed by atoms with Crippen molar-refractivity contribution >= 4 is 27.8 Å². The minimum Gasteiger partial charge on any atom is -0.361 e. The number of hydrogen-bond acceptors (Lipinski definition) is 3. The minimum absolute atomic E-state index is 0.154. The lowest BCUT2D eigenvalue weighted by atomic mass is 9.95. The van der Waals surface area contributed by atoms with Crippen molar-refractivity contribution in [1.82, 2.24) is 25.1 Å². The van der Waals surface area contributed by atoms with Crippen LogP contribution in [-0.4, -0.2) is 37.5 Å². The van der Waals surface area contributed by atoms with Gasteiger partial charge in [0.25, 0.3) is 0 Å². The van der Waals surface area contributed by atoms with E-state index >= 15 is 0 Å². The third-order valence-electron chi connectivity index (χ3n) is 6.17. The highest BCUT2D eigenvalue weighted by Crippen LogP contribution is 2.33. The van der Waals surface area contributed by atoms with Crippen LogP contribution in [0, 0.1) is 0 Å². The molecule has 0 bridgehead atoms. The van der Waals surface area contributed by atoms with Gasteiger partial charge in [0.15, 0.2) is 5.65 Å². The summed E-state index contributed by atoms with van der Waals surface area (Å²) in [6.45, 7) is 1.29. The SMILES string of the molecule is O=C(Cc1ccccc1)N1CCc2c(cnc3n[nH]c(-c4ccc5cc[nH]c5c4)c23)C1. The number of amides is 1. The number of aromatic amines is 2. The molecule has 31 heavy (non-hydrogen) atoms. The summed E-state index contributed by atoms with van der Waals surface area (Å²) in [4.78, 5) is 22.7. The van der Waals surface area contributed by atoms with E-state index in [1.165, 1.54) is 10.9 Å². The fraction of sp³-hybridized carbons (Fsp3) is 0.160. The second kappa shape index (κ2) is 7.09. The highest BCUT2D eigenvalue weighted by molar-refractivity contribution is 5.96. The van der Waals surface area contributed by atoms with Gasteiger partial charge in [-0.1, -0.05) is 42.5 Å². The molecular formula is C25H21N5O. The number of nitrogens with zero attached hydrogens (tertiary/aromatic N) is 3. The smallest absolute Gasteiger partial charge is 0.227 e. The van der Waals surface area contributed by atoms with Crippen LogP contribution in [-0.2, 0) is 24.2 Å². The first-order chi connectivity index (χ1) is 15.3. The Kier molecular flexibility index (Phi) is 4.09. The van der Waals surface area contributed by atoms with E-state index in [1.807, 2.05) is 47.6 Å². The van der Waals surface area contributed by atoms with Crippen LogP contribution in [0.3, 0.4) is 0 Å². The van der Waals surface area contributed by atoms with Crippen molar-refractivity contribution in [2.45, 2.75) is 19.4 Å². The number of pyridine rings is 1. The molecule has 0 saturated heterocycles. The number of H-pyrrole nitrogens is 2. The van der Waals surface area contributed by atoms with E-state index in [-0.39, 0.29) is 5.91 Å². The average molecular weight is 407 g/mol. The van der Waals surface area contributed by atoms with Crippen LogP contribution in [0.1, 0.15) is 16.7 Å². The van der Waals surface area contributed by atoms with Crippen LogP contribution < -0.4 is 0 Å². The van der Waals surface area contributed by atoms with Crippen molar-refractivity contribution in [1.29, 1.82) is 0 Å². The van der Waals surface area contributed by atoms with Gasteiger partial charge in [-0.2, -0.15) is 5.10 Å². The van der Waals surface area contributed by atoms with Crippen molar-refractivity contribution in [3.05, 3.63) is 83.7 Å². The van der Waals surface area contributed by atoms with Crippen molar-refractivity contribution in [3.8, 4) is 11.3 Å². The number of benzene rings is 2. The Morgan fingerprint density at radius 1 is 1.10 bits per heavy atom. The number of aromatic nitrogens is 4. The zero-order valence-electron chi connectivity index (χ0n) is 16.9. The van der Waals surface area contributed by atoms with E-state index in [1.54, 1.807) is 0 Å². The van der Waals surface area contributed by atoms with E-state index < -0.39 is 0 Å². The summed E-state index contributed by atoms with van der Waals surface area (Å²) < 4.78 is 0. The molecule has 4 heterocycles. The zero-order valence-corrected chi connectivity index (χ0v) is 16.9. The first-order valence-corrected chi connectivity index (χ1v) is 10.5. The van der Waals surface area contributed by atoms with E-state index in [0.717, 1.165) is 45.4 Å². The van der Waals surface area contributed by atoms with E-state index in [4.69, 9.17) is 0 Å². The molecule has 1 aliphatic rings. The van der Waals surface area contributed by atoms with Crippen LogP contribution >= 0.6 is 0 Å². The lowest BCUT2D eigenvalue weighted by Crippen LogP contribution is -2.37. The number of fused-ring (bicyclic) bond motifs is 4. The monoisotopic (exact) mass is 407 g/mol. The Labute approximate surface area is 178 Å². The summed E-state index contributed by atoms with van der Waals surface area (Å²) >= 11 is 0. The quantitative estimate of drug-likeness (QED) is 0.470. The maximum Gasteiger partial charge on any atom is 0.227 e. The van der Waals surface area contributed by atoms with Gasteiger partial charge in [0.2, 0.25) is 5.91 Å². The molecule has 0 spiro atoms.